The van der Waals surface area contributed by atoms with Gasteiger partial charge in [-0.3, -0.25) is 0 Å². The Bertz CT molecular complexity index is 584. The zero-order chi connectivity index (χ0) is 16.6. The Morgan fingerprint density at radius 1 is 1.32 bits per heavy atom. The van der Waals surface area contributed by atoms with Crippen LogP contribution < -0.4 is 9.47 Å². The normalized spacial score (nSPS) is 11.5. The molecular weight excluding hydrogens is 302 g/mol. The average Bonchev–Trinajstić information content (AvgIpc) is 2.51. The number of hydrogen-bond acceptors (Lipinski definition) is 4. The third-order valence-corrected chi connectivity index (χ3v) is 5.17. The molecule has 5 nitrogen and oxygen atoms in total. The molecule has 0 heterocycles. The van der Waals surface area contributed by atoms with Crippen LogP contribution in [-0.4, -0.2) is 40.0 Å². The van der Waals surface area contributed by atoms with Crippen molar-refractivity contribution in [1.82, 2.24) is 4.31 Å². The average molecular weight is 327 g/mol. The Morgan fingerprint density at radius 3 is 2.64 bits per heavy atom. The van der Waals surface area contributed by atoms with Crippen molar-refractivity contribution < 1.29 is 17.9 Å². The number of hydrogen-bond donors (Lipinski definition) is 0. The molecule has 0 amide bonds. The van der Waals surface area contributed by atoms with Crippen LogP contribution in [0.2, 0.25) is 0 Å². The Hall–Kier alpha value is -1.53. The standard InChI is InChI=1S/C16H25NO4S/c1-5-7-8-9-12-17(3)22(18,19)16-11-10-14(20-4)13-15(16)21-6-2/h5,10-11,13H,1,6-9,12H2,2-4H3. The second-order valence-electron chi connectivity index (χ2n) is 4.86. The molecule has 0 spiro atoms. The molecule has 0 N–H and O–H groups in total. The fourth-order valence-electron chi connectivity index (χ4n) is 2.01. The van der Waals surface area contributed by atoms with Gasteiger partial charge in [0.25, 0.3) is 0 Å². The summed E-state index contributed by atoms with van der Waals surface area (Å²) in [6.07, 6.45) is 4.44. The first-order valence-electron chi connectivity index (χ1n) is 7.35. The summed E-state index contributed by atoms with van der Waals surface area (Å²) in [4.78, 5) is 0.168. The molecule has 1 rings (SSSR count). The predicted molar refractivity (Wildman–Crippen MR) is 88.0 cm³/mol. The maximum atomic E-state index is 12.7. The molecule has 0 saturated heterocycles. The monoisotopic (exact) mass is 327 g/mol. The van der Waals surface area contributed by atoms with Crippen molar-refractivity contribution >= 4 is 10.0 Å². The molecule has 1 aromatic carbocycles. The first-order chi connectivity index (χ1) is 10.5. The number of unbranched alkanes of at least 4 members (excludes halogenated alkanes) is 2. The molecule has 0 aliphatic carbocycles. The molecule has 1 aromatic rings. The van der Waals surface area contributed by atoms with E-state index in [1.165, 1.54) is 17.5 Å². The van der Waals surface area contributed by atoms with Crippen molar-refractivity contribution in [1.29, 1.82) is 0 Å². The Balaban J connectivity index is 2.97. The molecule has 0 unspecified atom stereocenters. The summed E-state index contributed by atoms with van der Waals surface area (Å²) in [6, 6.07) is 4.75. The molecule has 6 heteroatoms. The molecule has 0 saturated carbocycles. The van der Waals surface area contributed by atoms with Gasteiger partial charge in [0.2, 0.25) is 10.0 Å². The van der Waals surface area contributed by atoms with Crippen molar-refractivity contribution in [2.24, 2.45) is 0 Å². The number of nitrogens with zero attached hydrogens (tertiary/aromatic N) is 1. The molecule has 0 fully saturated rings. The van der Waals surface area contributed by atoms with Crippen LogP contribution in [0.3, 0.4) is 0 Å². The van der Waals surface area contributed by atoms with Gasteiger partial charge in [-0.05, 0) is 38.3 Å². The summed E-state index contributed by atoms with van der Waals surface area (Å²) >= 11 is 0. The van der Waals surface area contributed by atoms with E-state index in [4.69, 9.17) is 9.47 Å². The number of methoxy groups -OCH3 is 1. The van der Waals surface area contributed by atoms with E-state index in [2.05, 4.69) is 6.58 Å². The number of rotatable bonds is 10. The van der Waals surface area contributed by atoms with Gasteiger partial charge in [-0.2, -0.15) is 0 Å². The van der Waals surface area contributed by atoms with Gasteiger partial charge in [0, 0.05) is 19.7 Å². The number of ether oxygens (including phenoxy) is 2. The highest BCUT2D eigenvalue weighted by Crippen LogP contribution is 2.30. The van der Waals surface area contributed by atoms with Crippen LogP contribution in [0.25, 0.3) is 0 Å². The van der Waals surface area contributed by atoms with E-state index in [0.717, 1.165) is 19.3 Å². The Kier molecular flexibility index (Phi) is 7.41. The number of sulfonamides is 1. The van der Waals surface area contributed by atoms with Crippen LogP contribution in [0.5, 0.6) is 11.5 Å². The Labute approximate surface area is 133 Å². The van der Waals surface area contributed by atoms with Crippen molar-refractivity contribution in [2.75, 3.05) is 27.3 Å². The second kappa shape index (κ2) is 8.80. The van der Waals surface area contributed by atoms with Crippen molar-refractivity contribution in [2.45, 2.75) is 31.1 Å². The van der Waals surface area contributed by atoms with Crippen LogP contribution in [0.15, 0.2) is 35.7 Å². The quantitative estimate of drug-likeness (QED) is 0.489. The van der Waals surface area contributed by atoms with E-state index in [1.807, 2.05) is 13.0 Å². The van der Waals surface area contributed by atoms with Crippen LogP contribution in [0, 0.1) is 0 Å². The highest BCUT2D eigenvalue weighted by atomic mass is 32.2. The minimum atomic E-state index is -3.58. The van der Waals surface area contributed by atoms with Gasteiger partial charge >= 0.3 is 0 Å². The lowest BCUT2D eigenvalue weighted by atomic mass is 10.2. The smallest absolute Gasteiger partial charge is 0.246 e. The topological polar surface area (TPSA) is 55.8 Å². The van der Waals surface area contributed by atoms with Gasteiger partial charge < -0.3 is 9.47 Å². The van der Waals surface area contributed by atoms with Gasteiger partial charge in [-0.1, -0.05) is 6.08 Å². The highest BCUT2D eigenvalue weighted by Gasteiger charge is 2.25. The highest BCUT2D eigenvalue weighted by molar-refractivity contribution is 7.89. The first kappa shape index (κ1) is 18.5. The van der Waals surface area contributed by atoms with Crippen LogP contribution in [0.4, 0.5) is 0 Å². The minimum absolute atomic E-state index is 0.168. The predicted octanol–water partition coefficient (Wildman–Crippen LogP) is 3.07. The molecule has 0 aromatic heterocycles. The van der Waals surface area contributed by atoms with Gasteiger partial charge in [0.15, 0.2) is 0 Å². The van der Waals surface area contributed by atoms with Gasteiger partial charge in [0.05, 0.1) is 13.7 Å². The van der Waals surface area contributed by atoms with E-state index >= 15 is 0 Å². The van der Waals surface area contributed by atoms with Crippen LogP contribution in [-0.2, 0) is 10.0 Å². The molecule has 0 bridgehead atoms. The van der Waals surface area contributed by atoms with Crippen LogP contribution >= 0.6 is 0 Å². The van der Waals surface area contributed by atoms with Gasteiger partial charge in [0.1, 0.15) is 16.4 Å². The third kappa shape index (κ3) is 4.74. The summed E-state index contributed by atoms with van der Waals surface area (Å²) in [6.45, 7) is 6.33. The fourth-order valence-corrected chi connectivity index (χ4v) is 3.33. The zero-order valence-corrected chi connectivity index (χ0v) is 14.4. The largest absolute Gasteiger partial charge is 0.497 e. The van der Waals surface area contributed by atoms with E-state index in [-0.39, 0.29) is 4.90 Å². The van der Waals surface area contributed by atoms with Crippen molar-refractivity contribution in [3.8, 4) is 11.5 Å². The van der Waals surface area contributed by atoms with E-state index < -0.39 is 10.0 Å². The molecule has 124 valence electrons. The van der Waals surface area contributed by atoms with E-state index in [1.54, 1.807) is 19.2 Å². The summed E-state index contributed by atoms with van der Waals surface area (Å²) in [5.74, 6) is 0.885. The minimum Gasteiger partial charge on any atom is -0.497 e. The zero-order valence-electron chi connectivity index (χ0n) is 13.5. The van der Waals surface area contributed by atoms with E-state index in [0.29, 0.717) is 24.7 Å². The fraction of sp³-hybridized carbons (Fsp3) is 0.500. The lowest BCUT2D eigenvalue weighted by Gasteiger charge is -2.19. The SMILES string of the molecule is C=CCCCCN(C)S(=O)(=O)c1ccc(OC)cc1OCC. The maximum Gasteiger partial charge on any atom is 0.246 e. The van der Waals surface area contributed by atoms with Gasteiger partial charge in [-0.15, -0.1) is 6.58 Å². The number of allylic oxidation sites excluding steroid dienone is 1. The van der Waals surface area contributed by atoms with Crippen LogP contribution in [0.1, 0.15) is 26.2 Å². The summed E-state index contributed by atoms with van der Waals surface area (Å²) < 4.78 is 37.3. The lowest BCUT2D eigenvalue weighted by Crippen LogP contribution is -2.28. The second-order valence-corrected chi connectivity index (χ2v) is 6.87. The van der Waals surface area contributed by atoms with Gasteiger partial charge in [-0.25, -0.2) is 12.7 Å². The molecule has 0 aliphatic heterocycles. The van der Waals surface area contributed by atoms with Crippen molar-refractivity contribution in [3.63, 3.8) is 0 Å². The molecule has 0 atom stereocenters. The molecule has 0 radical (unpaired) electrons. The first-order valence-corrected chi connectivity index (χ1v) is 8.79. The lowest BCUT2D eigenvalue weighted by molar-refractivity contribution is 0.325. The number of benzene rings is 1. The van der Waals surface area contributed by atoms with E-state index in [9.17, 15) is 8.42 Å². The third-order valence-electron chi connectivity index (χ3n) is 3.27. The summed E-state index contributed by atoms with van der Waals surface area (Å²) in [5, 5.41) is 0. The summed E-state index contributed by atoms with van der Waals surface area (Å²) in [7, 11) is -0.458. The Morgan fingerprint density at radius 2 is 2.05 bits per heavy atom. The summed E-state index contributed by atoms with van der Waals surface area (Å²) in [5.41, 5.74) is 0. The van der Waals surface area contributed by atoms with Crippen molar-refractivity contribution in [3.05, 3.63) is 30.9 Å². The molecular formula is C16H25NO4S. The molecule has 22 heavy (non-hydrogen) atoms. The molecule has 0 aliphatic rings. The maximum absolute atomic E-state index is 12.7.